The van der Waals surface area contributed by atoms with Gasteiger partial charge >= 0.3 is 0 Å². The minimum absolute atomic E-state index is 0.677. The molecule has 0 aliphatic heterocycles. The zero-order chi connectivity index (χ0) is 13.9. The first-order chi connectivity index (χ1) is 9.33. The molecule has 1 N–H and O–H groups in total. The number of unbranched alkanes of at least 4 members (excludes halogenated alkanes) is 1. The van der Waals surface area contributed by atoms with Gasteiger partial charge in [0, 0.05) is 18.0 Å². The Morgan fingerprint density at radius 2 is 2.16 bits per heavy atom. The number of hydrogen-bond acceptors (Lipinski definition) is 4. The lowest BCUT2D eigenvalue weighted by Gasteiger charge is -2.11. The fourth-order valence-electron chi connectivity index (χ4n) is 1.68. The van der Waals surface area contributed by atoms with Crippen molar-refractivity contribution >= 4 is 17.4 Å². The highest BCUT2D eigenvalue weighted by atomic mass is 32.2. The smallest absolute Gasteiger partial charge is 0.102 e. The summed E-state index contributed by atoms with van der Waals surface area (Å²) < 4.78 is 5.50. The number of ether oxygens (including phenoxy) is 1. The van der Waals surface area contributed by atoms with Crippen molar-refractivity contribution in [2.45, 2.75) is 31.6 Å². The fourth-order valence-corrected chi connectivity index (χ4v) is 2.46. The molecule has 19 heavy (non-hydrogen) atoms. The van der Waals surface area contributed by atoms with E-state index in [1.165, 1.54) is 0 Å². The maximum absolute atomic E-state index is 9.26. The minimum atomic E-state index is 0.677. The average Bonchev–Trinajstić information content (AvgIpc) is 2.43. The lowest BCUT2D eigenvalue weighted by atomic mass is 10.2. The van der Waals surface area contributed by atoms with Crippen molar-refractivity contribution in [1.29, 1.82) is 5.26 Å². The Bertz CT molecular complexity index is 415. The van der Waals surface area contributed by atoms with Crippen LogP contribution in [0.4, 0.5) is 5.69 Å². The first-order valence-electron chi connectivity index (χ1n) is 6.81. The second kappa shape index (κ2) is 9.71. The van der Waals surface area contributed by atoms with Crippen molar-refractivity contribution in [3.05, 3.63) is 23.8 Å². The van der Waals surface area contributed by atoms with Gasteiger partial charge in [-0.3, -0.25) is 0 Å². The third-order valence-electron chi connectivity index (χ3n) is 2.64. The number of rotatable bonds is 9. The molecule has 0 fully saturated rings. The lowest BCUT2D eigenvalue weighted by molar-refractivity contribution is 0.141. The Morgan fingerprint density at radius 1 is 1.32 bits per heavy atom. The van der Waals surface area contributed by atoms with E-state index in [9.17, 15) is 5.26 Å². The van der Waals surface area contributed by atoms with E-state index in [1.54, 1.807) is 11.8 Å². The first-order valence-corrected chi connectivity index (χ1v) is 7.79. The summed E-state index contributed by atoms with van der Waals surface area (Å²) in [5.41, 5.74) is 1.64. The van der Waals surface area contributed by atoms with Crippen LogP contribution in [-0.2, 0) is 4.74 Å². The molecule has 0 bridgehead atoms. The van der Waals surface area contributed by atoms with E-state index in [0.29, 0.717) is 6.61 Å². The molecule has 0 aliphatic carbocycles. The van der Waals surface area contributed by atoms with Gasteiger partial charge in [-0.15, -0.1) is 11.8 Å². The molecule has 1 aromatic rings. The SMILES string of the molecule is CCCCOCCNc1cccc(SCC)c1C#N. The van der Waals surface area contributed by atoms with Crippen LogP contribution < -0.4 is 5.32 Å². The second-order valence-corrected chi connectivity index (χ2v) is 5.42. The molecule has 0 aromatic heterocycles. The number of thioether (sulfide) groups is 1. The largest absolute Gasteiger partial charge is 0.382 e. The van der Waals surface area contributed by atoms with Gasteiger partial charge in [0.15, 0.2) is 0 Å². The predicted octanol–water partition coefficient (Wildman–Crippen LogP) is 3.90. The summed E-state index contributed by atoms with van der Waals surface area (Å²) in [6.07, 6.45) is 2.26. The molecular formula is C15H22N2OS. The summed E-state index contributed by atoms with van der Waals surface area (Å²) in [6.45, 7) is 6.47. The van der Waals surface area contributed by atoms with Crippen molar-refractivity contribution in [1.82, 2.24) is 0 Å². The molecule has 0 heterocycles. The number of anilines is 1. The molecular weight excluding hydrogens is 256 g/mol. The van der Waals surface area contributed by atoms with E-state index < -0.39 is 0 Å². The van der Waals surface area contributed by atoms with Crippen molar-refractivity contribution in [3.63, 3.8) is 0 Å². The van der Waals surface area contributed by atoms with Gasteiger partial charge in [0.2, 0.25) is 0 Å². The van der Waals surface area contributed by atoms with Crippen LogP contribution in [0.25, 0.3) is 0 Å². The summed E-state index contributed by atoms with van der Waals surface area (Å²) >= 11 is 1.70. The Morgan fingerprint density at radius 3 is 2.84 bits per heavy atom. The summed E-state index contributed by atoms with van der Waals surface area (Å²) in [4.78, 5) is 1.04. The summed E-state index contributed by atoms with van der Waals surface area (Å²) in [6, 6.07) is 8.22. The Hall–Kier alpha value is -1.18. The zero-order valence-corrected chi connectivity index (χ0v) is 12.6. The molecule has 0 saturated carbocycles. The first kappa shape index (κ1) is 15.9. The Kier molecular flexibility index (Phi) is 8.11. The van der Waals surface area contributed by atoms with Crippen LogP contribution in [0.1, 0.15) is 32.3 Å². The van der Waals surface area contributed by atoms with Gasteiger partial charge in [0.05, 0.1) is 17.9 Å². The van der Waals surface area contributed by atoms with Gasteiger partial charge in [-0.25, -0.2) is 0 Å². The molecule has 104 valence electrons. The molecule has 0 amide bonds. The third-order valence-corrected chi connectivity index (χ3v) is 3.58. The third kappa shape index (κ3) is 5.54. The lowest BCUT2D eigenvalue weighted by Crippen LogP contribution is -2.11. The monoisotopic (exact) mass is 278 g/mol. The summed E-state index contributed by atoms with van der Waals surface area (Å²) in [7, 11) is 0. The van der Waals surface area contributed by atoms with Gasteiger partial charge in [0.25, 0.3) is 0 Å². The van der Waals surface area contributed by atoms with Crippen molar-refractivity contribution in [2.75, 3.05) is 30.8 Å². The van der Waals surface area contributed by atoms with Crippen molar-refractivity contribution < 1.29 is 4.74 Å². The molecule has 3 nitrogen and oxygen atoms in total. The molecule has 0 aliphatic rings. The van der Waals surface area contributed by atoms with E-state index in [1.807, 2.05) is 18.2 Å². The molecule has 0 atom stereocenters. The molecule has 0 unspecified atom stereocenters. The highest BCUT2D eigenvalue weighted by Gasteiger charge is 2.07. The number of benzene rings is 1. The number of nitriles is 1. The Balaban J connectivity index is 2.49. The molecule has 0 radical (unpaired) electrons. The maximum atomic E-state index is 9.26. The number of hydrogen-bond donors (Lipinski definition) is 1. The predicted molar refractivity (Wildman–Crippen MR) is 81.8 cm³/mol. The van der Waals surface area contributed by atoms with Crippen LogP contribution in [0, 0.1) is 11.3 Å². The molecule has 0 saturated heterocycles. The second-order valence-electron chi connectivity index (χ2n) is 4.12. The highest BCUT2D eigenvalue weighted by Crippen LogP contribution is 2.27. The summed E-state index contributed by atoms with van der Waals surface area (Å²) in [5, 5.41) is 12.5. The van der Waals surface area contributed by atoms with Gasteiger partial charge in [-0.05, 0) is 24.3 Å². The van der Waals surface area contributed by atoms with Crippen LogP contribution in [0.3, 0.4) is 0 Å². The van der Waals surface area contributed by atoms with E-state index in [-0.39, 0.29) is 0 Å². The molecule has 1 aromatic carbocycles. The molecule has 0 spiro atoms. The van der Waals surface area contributed by atoms with Crippen LogP contribution in [-0.4, -0.2) is 25.5 Å². The standard InChI is InChI=1S/C15H22N2OS/c1-3-5-10-18-11-9-17-14-7-6-8-15(19-4-2)13(14)12-16/h6-8,17H,3-5,9-11H2,1-2H3. The van der Waals surface area contributed by atoms with Crippen molar-refractivity contribution in [3.8, 4) is 6.07 Å². The number of nitrogens with zero attached hydrogens (tertiary/aromatic N) is 1. The van der Waals surface area contributed by atoms with Gasteiger partial charge in [-0.2, -0.15) is 5.26 Å². The van der Waals surface area contributed by atoms with E-state index >= 15 is 0 Å². The minimum Gasteiger partial charge on any atom is -0.382 e. The van der Waals surface area contributed by atoms with Crippen molar-refractivity contribution in [2.24, 2.45) is 0 Å². The average molecular weight is 278 g/mol. The van der Waals surface area contributed by atoms with Crippen LogP contribution in [0.5, 0.6) is 0 Å². The Labute approximate surface area is 120 Å². The van der Waals surface area contributed by atoms with E-state index in [0.717, 1.165) is 47.9 Å². The van der Waals surface area contributed by atoms with E-state index in [2.05, 4.69) is 25.2 Å². The molecule has 4 heteroatoms. The van der Waals surface area contributed by atoms with Crippen LogP contribution in [0.2, 0.25) is 0 Å². The van der Waals surface area contributed by atoms with Gasteiger partial charge < -0.3 is 10.1 Å². The maximum Gasteiger partial charge on any atom is 0.102 e. The molecule has 1 rings (SSSR count). The van der Waals surface area contributed by atoms with E-state index in [4.69, 9.17) is 4.74 Å². The van der Waals surface area contributed by atoms with Crippen LogP contribution in [0.15, 0.2) is 23.1 Å². The van der Waals surface area contributed by atoms with Gasteiger partial charge in [0.1, 0.15) is 6.07 Å². The van der Waals surface area contributed by atoms with Crippen LogP contribution >= 0.6 is 11.8 Å². The zero-order valence-electron chi connectivity index (χ0n) is 11.7. The number of nitrogens with one attached hydrogen (secondary N) is 1. The quantitative estimate of drug-likeness (QED) is 0.549. The fraction of sp³-hybridized carbons (Fsp3) is 0.533. The topological polar surface area (TPSA) is 45.0 Å². The summed E-state index contributed by atoms with van der Waals surface area (Å²) in [5.74, 6) is 0.970. The normalized spacial score (nSPS) is 10.2. The highest BCUT2D eigenvalue weighted by molar-refractivity contribution is 7.99. The van der Waals surface area contributed by atoms with Gasteiger partial charge in [-0.1, -0.05) is 26.3 Å².